The van der Waals surface area contributed by atoms with Crippen LogP contribution in [-0.2, 0) is 4.79 Å². The van der Waals surface area contributed by atoms with Crippen molar-refractivity contribution in [3.8, 4) is 0 Å². The number of rotatable bonds is 5. The van der Waals surface area contributed by atoms with Gasteiger partial charge in [0.15, 0.2) is 0 Å². The molecule has 116 valence electrons. The van der Waals surface area contributed by atoms with Gasteiger partial charge in [-0.25, -0.2) is 0 Å². The average molecular weight is 289 g/mol. The van der Waals surface area contributed by atoms with E-state index in [1.165, 1.54) is 16.7 Å². The molecule has 0 radical (unpaired) electrons. The van der Waals surface area contributed by atoms with Crippen LogP contribution < -0.4 is 5.32 Å². The van der Waals surface area contributed by atoms with Gasteiger partial charge in [-0.05, 0) is 45.9 Å². The van der Waals surface area contributed by atoms with Crippen molar-refractivity contribution in [3.05, 3.63) is 34.9 Å². The summed E-state index contributed by atoms with van der Waals surface area (Å²) in [4.78, 5) is 16.4. The molecule has 1 heterocycles. The minimum absolute atomic E-state index is 0.0127. The van der Waals surface area contributed by atoms with E-state index in [0.29, 0.717) is 12.6 Å². The lowest BCUT2D eigenvalue weighted by Gasteiger charge is -2.29. The molecule has 4 heteroatoms. The van der Waals surface area contributed by atoms with Crippen molar-refractivity contribution in [2.75, 3.05) is 26.7 Å². The Labute approximate surface area is 128 Å². The molecule has 0 spiro atoms. The van der Waals surface area contributed by atoms with Crippen LogP contribution in [0, 0.1) is 13.8 Å². The normalized spacial score (nSPS) is 19.1. The zero-order valence-corrected chi connectivity index (χ0v) is 13.8. The molecule has 0 saturated carbocycles. The largest absolute Gasteiger partial charge is 0.321 e. The van der Waals surface area contributed by atoms with E-state index < -0.39 is 0 Å². The number of carbonyl (C=O) groups is 1. The number of hydrogen-bond donors (Lipinski definition) is 1. The van der Waals surface area contributed by atoms with Crippen molar-refractivity contribution < 1.29 is 4.79 Å². The number of nitrogens with zero attached hydrogens (tertiary/aromatic N) is 2. The summed E-state index contributed by atoms with van der Waals surface area (Å²) in [5.41, 5.74) is 3.70. The predicted molar refractivity (Wildman–Crippen MR) is 86.1 cm³/mol. The van der Waals surface area contributed by atoms with Gasteiger partial charge in [-0.15, -0.1) is 0 Å². The van der Waals surface area contributed by atoms with Gasteiger partial charge < -0.3 is 9.80 Å². The molecule has 0 aliphatic carbocycles. The summed E-state index contributed by atoms with van der Waals surface area (Å²) in [6.07, 6.45) is 0.0127. The third kappa shape index (κ3) is 3.63. The highest BCUT2D eigenvalue weighted by Gasteiger charge is 2.32. The van der Waals surface area contributed by atoms with Crippen LogP contribution in [0.15, 0.2) is 18.2 Å². The van der Waals surface area contributed by atoms with Gasteiger partial charge >= 0.3 is 0 Å². The van der Waals surface area contributed by atoms with E-state index in [1.54, 1.807) is 0 Å². The van der Waals surface area contributed by atoms with Crippen molar-refractivity contribution >= 4 is 5.91 Å². The number of benzene rings is 1. The Morgan fingerprint density at radius 1 is 1.38 bits per heavy atom. The van der Waals surface area contributed by atoms with Gasteiger partial charge in [-0.1, -0.05) is 23.8 Å². The zero-order valence-electron chi connectivity index (χ0n) is 13.8. The molecule has 1 fully saturated rings. The fraction of sp³-hybridized carbons (Fsp3) is 0.588. The molecule has 2 rings (SSSR count). The molecule has 4 nitrogen and oxygen atoms in total. The molecule has 1 aromatic rings. The van der Waals surface area contributed by atoms with Crippen LogP contribution >= 0.6 is 0 Å². The highest BCUT2D eigenvalue weighted by molar-refractivity contribution is 5.81. The van der Waals surface area contributed by atoms with Gasteiger partial charge in [0.1, 0.15) is 6.17 Å². The molecule has 1 unspecified atom stereocenters. The summed E-state index contributed by atoms with van der Waals surface area (Å²) in [6.45, 7) is 10.6. The highest BCUT2D eigenvalue weighted by atomic mass is 16.2. The van der Waals surface area contributed by atoms with Crippen molar-refractivity contribution in [1.29, 1.82) is 0 Å². The Bertz CT molecular complexity index is 513. The molecule has 1 amide bonds. The first-order valence-electron chi connectivity index (χ1n) is 7.70. The van der Waals surface area contributed by atoms with Crippen molar-refractivity contribution in [3.63, 3.8) is 0 Å². The van der Waals surface area contributed by atoms with Crippen molar-refractivity contribution in [2.24, 2.45) is 0 Å². The Morgan fingerprint density at radius 3 is 2.71 bits per heavy atom. The maximum Gasteiger partial charge on any atom is 0.238 e. The Balaban J connectivity index is 2.13. The van der Waals surface area contributed by atoms with Crippen molar-refractivity contribution in [1.82, 2.24) is 15.1 Å². The van der Waals surface area contributed by atoms with Crippen LogP contribution in [0.5, 0.6) is 0 Å². The van der Waals surface area contributed by atoms with E-state index in [1.807, 2.05) is 4.90 Å². The standard InChI is InChI=1S/C17H27N3O/c1-12(2)19(5)8-9-20-16(21)11-18-17(20)15-7-6-13(3)10-14(15)4/h6-7,10,12,17-18H,8-9,11H2,1-5H3. The second-order valence-electron chi connectivity index (χ2n) is 6.30. The van der Waals surface area contributed by atoms with Crippen LogP contribution in [0.3, 0.4) is 0 Å². The zero-order chi connectivity index (χ0) is 15.6. The van der Waals surface area contributed by atoms with Gasteiger partial charge in [0.25, 0.3) is 0 Å². The number of carbonyl (C=O) groups excluding carboxylic acids is 1. The fourth-order valence-corrected chi connectivity index (χ4v) is 2.73. The minimum atomic E-state index is 0.0127. The summed E-state index contributed by atoms with van der Waals surface area (Å²) >= 11 is 0. The van der Waals surface area contributed by atoms with Crippen LogP contribution in [0.25, 0.3) is 0 Å². The first kappa shape index (κ1) is 16.0. The van der Waals surface area contributed by atoms with Crippen LogP contribution in [0.1, 0.15) is 36.7 Å². The fourth-order valence-electron chi connectivity index (χ4n) is 2.73. The Hall–Kier alpha value is -1.39. The lowest BCUT2D eigenvalue weighted by molar-refractivity contribution is -0.128. The van der Waals surface area contributed by atoms with E-state index in [-0.39, 0.29) is 12.1 Å². The van der Waals surface area contributed by atoms with Crippen LogP contribution in [0.2, 0.25) is 0 Å². The molecule has 1 N–H and O–H groups in total. The molecular weight excluding hydrogens is 262 g/mol. The van der Waals surface area contributed by atoms with Gasteiger partial charge in [-0.2, -0.15) is 0 Å². The number of aryl methyl sites for hydroxylation is 2. The third-order valence-corrected chi connectivity index (χ3v) is 4.37. The van der Waals surface area contributed by atoms with E-state index >= 15 is 0 Å². The van der Waals surface area contributed by atoms with Crippen molar-refractivity contribution in [2.45, 2.75) is 39.9 Å². The van der Waals surface area contributed by atoms with Gasteiger partial charge in [0.05, 0.1) is 6.54 Å². The van der Waals surface area contributed by atoms with Crippen LogP contribution in [0.4, 0.5) is 0 Å². The SMILES string of the molecule is Cc1ccc(C2NCC(=O)N2CCN(C)C(C)C)c(C)c1. The van der Waals surface area contributed by atoms with Crippen LogP contribution in [-0.4, -0.2) is 48.4 Å². The molecule has 0 aromatic heterocycles. The molecule has 1 aromatic carbocycles. The first-order chi connectivity index (χ1) is 9.90. The highest BCUT2D eigenvalue weighted by Crippen LogP contribution is 2.25. The molecule has 1 aliphatic heterocycles. The number of nitrogens with one attached hydrogen (secondary N) is 1. The first-order valence-corrected chi connectivity index (χ1v) is 7.70. The Kier molecular flexibility index (Phi) is 5.01. The number of likely N-dealkylation sites (N-methyl/N-ethyl adjacent to an activating group) is 1. The second kappa shape index (κ2) is 6.58. The molecule has 0 bridgehead atoms. The monoisotopic (exact) mass is 289 g/mol. The van der Waals surface area contributed by atoms with E-state index in [2.05, 4.69) is 63.2 Å². The minimum Gasteiger partial charge on any atom is -0.321 e. The number of hydrogen-bond acceptors (Lipinski definition) is 3. The topological polar surface area (TPSA) is 35.6 Å². The molecule has 21 heavy (non-hydrogen) atoms. The van der Waals surface area contributed by atoms with Gasteiger partial charge in [0, 0.05) is 19.1 Å². The van der Waals surface area contributed by atoms with E-state index in [9.17, 15) is 4.79 Å². The summed E-state index contributed by atoms with van der Waals surface area (Å²) in [7, 11) is 2.10. The van der Waals surface area contributed by atoms with Gasteiger partial charge in [0.2, 0.25) is 5.91 Å². The summed E-state index contributed by atoms with van der Waals surface area (Å²) in [6, 6.07) is 6.93. The maximum absolute atomic E-state index is 12.2. The maximum atomic E-state index is 12.2. The van der Waals surface area contributed by atoms with E-state index in [0.717, 1.165) is 13.1 Å². The quantitative estimate of drug-likeness (QED) is 0.901. The molecule has 1 atom stereocenters. The molecule has 1 saturated heterocycles. The lowest BCUT2D eigenvalue weighted by Crippen LogP contribution is -2.39. The molecule has 1 aliphatic rings. The second-order valence-corrected chi connectivity index (χ2v) is 6.30. The van der Waals surface area contributed by atoms with E-state index in [4.69, 9.17) is 0 Å². The summed E-state index contributed by atoms with van der Waals surface area (Å²) in [5.74, 6) is 0.192. The third-order valence-electron chi connectivity index (χ3n) is 4.37. The molecular formula is C17H27N3O. The number of amides is 1. The average Bonchev–Trinajstić information content (AvgIpc) is 2.77. The van der Waals surface area contributed by atoms with Gasteiger partial charge in [-0.3, -0.25) is 10.1 Å². The summed E-state index contributed by atoms with van der Waals surface area (Å²) in [5, 5.41) is 3.34. The smallest absolute Gasteiger partial charge is 0.238 e. The lowest BCUT2D eigenvalue weighted by atomic mass is 10.0. The summed E-state index contributed by atoms with van der Waals surface area (Å²) < 4.78 is 0. The predicted octanol–water partition coefficient (Wildman–Crippen LogP) is 2.07. The Morgan fingerprint density at radius 2 is 2.10 bits per heavy atom.